The number of carbonyl (C=O) groups excluding carboxylic acids is 2. The average Bonchev–Trinajstić information content (AvgIpc) is 2.91. The number of primary amides is 1. The number of benzene rings is 1. The van der Waals surface area contributed by atoms with Crippen molar-refractivity contribution in [2.45, 2.75) is 39.4 Å². The van der Waals surface area contributed by atoms with Crippen LogP contribution >= 0.6 is 0 Å². The maximum Gasteiger partial charge on any atom is 0.320 e. The summed E-state index contributed by atoms with van der Waals surface area (Å²) in [6.45, 7) is 2.23. The van der Waals surface area contributed by atoms with Gasteiger partial charge in [0.05, 0.1) is 17.1 Å². The van der Waals surface area contributed by atoms with Crippen molar-refractivity contribution in [3.05, 3.63) is 30.1 Å². The van der Waals surface area contributed by atoms with Gasteiger partial charge in [0.1, 0.15) is 11.9 Å². The minimum absolute atomic E-state index is 0.0335. The number of aromatic nitrogens is 2. The number of nitrogens with zero attached hydrogens (tertiary/aromatic N) is 2. The summed E-state index contributed by atoms with van der Waals surface area (Å²) >= 11 is 0. The van der Waals surface area contributed by atoms with Crippen LogP contribution in [0.4, 0.5) is 13.6 Å². The second-order valence-corrected chi connectivity index (χ2v) is 6.07. The Kier molecular flexibility index (Phi) is 5.55. The van der Waals surface area contributed by atoms with Gasteiger partial charge in [-0.2, -0.15) is 8.78 Å². The smallest absolute Gasteiger partial charge is 0.320 e. The topological polar surface area (TPSA) is 102 Å². The summed E-state index contributed by atoms with van der Waals surface area (Å²) in [4.78, 5) is 27.7. The molecule has 4 N–H and O–H groups in total. The van der Waals surface area contributed by atoms with Crippen molar-refractivity contribution in [2.75, 3.05) is 0 Å². The largest absolute Gasteiger partial charge is 0.352 e. The normalized spacial score (nSPS) is 13.9. The molecule has 1 aromatic heterocycles. The molecule has 1 heterocycles. The molecule has 0 spiro atoms. The molecule has 0 unspecified atom stereocenters. The van der Waals surface area contributed by atoms with Crippen LogP contribution in [0.25, 0.3) is 11.0 Å². The fourth-order valence-corrected chi connectivity index (χ4v) is 2.63. The van der Waals surface area contributed by atoms with Gasteiger partial charge in [0.2, 0.25) is 5.91 Å². The Morgan fingerprint density at radius 2 is 1.80 bits per heavy atom. The van der Waals surface area contributed by atoms with Crippen molar-refractivity contribution in [3.63, 3.8) is 0 Å². The highest BCUT2D eigenvalue weighted by Crippen LogP contribution is 2.26. The molecule has 2 rings (SSSR count). The second kappa shape index (κ2) is 7.45. The van der Waals surface area contributed by atoms with Gasteiger partial charge in [-0.05, 0) is 25.0 Å². The number of halogens is 2. The molecule has 136 valence electrons. The number of carbonyl (C=O) groups is 2. The molecule has 0 saturated heterocycles. The minimum atomic E-state index is -2.80. The van der Waals surface area contributed by atoms with Crippen LogP contribution in [-0.2, 0) is 4.79 Å². The van der Waals surface area contributed by atoms with Gasteiger partial charge in [0.15, 0.2) is 0 Å². The summed E-state index contributed by atoms with van der Waals surface area (Å²) in [5.74, 6) is -0.714. The van der Waals surface area contributed by atoms with Crippen LogP contribution in [0.5, 0.6) is 0 Å². The molecule has 0 aliphatic rings. The fraction of sp³-hybridized carbons (Fsp3) is 0.438. The Morgan fingerprint density at radius 3 is 2.36 bits per heavy atom. The lowest BCUT2D eigenvalue weighted by molar-refractivity contribution is -0.124. The van der Waals surface area contributed by atoms with E-state index in [1.807, 2.05) is 0 Å². The first kappa shape index (κ1) is 18.6. The third-order valence-electron chi connectivity index (χ3n) is 3.81. The second-order valence-electron chi connectivity index (χ2n) is 6.07. The summed E-state index contributed by atoms with van der Waals surface area (Å²) in [6, 6.07) is 4.01. The summed E-state index contributed by atoms with van der Waals surface area (Å²) in [5, 5.41) is 4.96. The zero-order valence-electron chi connectivity index (χ0n) is 14.2. The quantitative estimate of drug-likeness (QED) is 0.742. The number of amides is 3. The van der Waals surface area contributed by atoms with E-state index in [9.17, 15) is 18.4 Å². The Hall–Kier alpha value is -2.71. The molecular weight excluding hydrogens is 332 g/mol. The predicted octanol–water partition coefficient (Wildman–Crippen LogP) is 2.30. The number of nitrogens with one attached hydrogen (secondary N) is 2. The molecule has 0 radical (unpaired) electrons. The maximum atomic E-state index is 13.5. The van der Waals surface area contributed by atoms with E-state index in [1.165, 1.54) is 6.07 Å². The minimum Gasteiger partial charge on any atom is -0.352 e. The molecule has 3 amide bonds. The highest BCUT2D eigenvalue weighted by atomic mass is 19.3. The summed E-state index contributed by atoms with van der Waals surface area (Å²) < 4.78 is 27.8. The highest BCUT2D eigenvalue weighted by molar-refractivity contribution is 5.87. The van der Waals surface area contributed by atoms with Gasteiger partial charge in [-0.3, -0.25) is 9.36 Å². The van der Waals surface area contributed by atoms with Gasteiger partial charge >= 0.3 is 12.6 Å². The molecule has 25 heavy (non-hydrogen) atoms. The van der Waals surface area contributed by atoms with E-state index in [-0.39, 0.29) is 17.3 Å². The van der Waals surface area contributed by atoms with E-state index in [4.69, 9.17) is 5.73 Å². The molecule has 9 heteroatoms. The van der Waals surface area contributed by atoms with E-state index in [1.54, 1.807) is 39.0 Å². The van der Waals surface area contributed by atoms with Crippen molar-refractivity contribution >= 4 is 23.0 Å². The van der Waals surface area contributed by atoms with Crippen molar-refractivity contribution in [1.82, 2.24) is 20.2 Å². The number of para-hydroxylation sites is 2. The molecule has 2 aromatic rings. The molecule has 2 atom stereocenters. The number of alkyl halides is 2. The number of hydrogen-bond donors (Lipinski definition) is 3. The lowest BCUT2D eigenvalue weighted by Crippen LogP contribution is -2.51. The molecular formula is C16H21F2N5O2. The van der Waals surface area contributed by atoms with Gasteiger partial charge in [0.25, 0.3) is 0 Å². The zero-order chi connectivity index (χ0) is 18.7. The molecule has 0 bridgehead atoms. The van der Waals surface area contributed by atoms with E-state index >= 15 is 0 Å². The lowest BCUT2D eigenvalue weighted by Gasteiger charge is -2.23. The molecule has 0 saturated carbocycles. The third-order valence-corrected chi connectivity index (χ3v) is 3.81. The number of nitrogens with two attached hydrogens (primary N) is 1. The monoisotopic (exact) mass is 353 g/mol. The van der Waals surface area contributed by atoms with E-state index in [2.05, 4.69) is 15.6 Å². The molecule has 1 aromatic carbocycles. The van der Waals surface area contributed by atoms with Crippen LogP contribution in [0.15, 0.2) is 24.3 Å². The van der Waals surface area contributed by atoms with Crippen molar-refractivity contribution in [3.8, 4) is 0 Å². The van der Waals surface area contributed by atoms with Crippen molar-refractivity contribution in [1.29, 1.82) is 0 Å². The van der Waals surface area contributed by atoms with Crippen LogP contribution in [0, 0.1) is 5.92 Å². The first-order valence-corrected chi connectivity index (χ1v) is 7.83. The van der Waals surface area contributed by atoms with Crippen LogP contribution < -0.4 is 16.4 Å². The Bertz CT molecular complexity index is 775. The number of urea groups is 1. The van der Waals surface area contributed by atoms with Gasteiger partial charge in [-0.25, -0.2) is 9.78 Å². The fourth-order valence-electron chi connectivity index (χ4n) is 2.63. The van der Waals surface area contributed by atoms with E-state index < -0.39 is 30.6 Å². The van der Waals surface area contributed by atoms with Crippen LogP contribution in [0.3, 0.4) is 0 Å². The molecule has 7 nitrogen and oxygen atoms in total. The van der Waals surface area contributed by atoms with Gasteiger partial charge in [-0.1, -0.05) is 26.0 Å². The Labute approximate surface area is 143 Å². The standard InChI is InChI=1S/C16H21F2N5O2/c1-8(2)12(22-16(19)25)14(24)20-9(3)13-21-10-6-4-5-7-11(10)23(13)15(17)18/h4-9,12,15H,1-3H3,(H,20,24)(H3,19,22,25)/t9-,12-/m0/s1. The number of fused-ring (bicyclic) bond motifs is 1. The van der Waals surface area contributed by atoms with Gasteiger partial charge in [-0.15, -0.1) is 0 Å². The maximum absolute atomic E-state index is 13.5. The summed E-state index contributed by atoms with van der Waals surface area (Å²) in [6.07, 6.45) is 0. The van der Waals surface area contributed by atoms with Crippen molar-refractivity contribution in [2.24, 2.45) is 11.7 Å². The SMILES string of the molecule is CC(C)[C@H](NC(N)=O)C(=O)N[C@@H](C)c1nc2ccccc2n1C(F)F. The molecule has 0 fully saturated rings. The van der Waals surface area contributed by atoms with Crippen LogP contribution in [0.2, 0.25) is 0 Å². The predicted molar refractivity (Wildman–Crippen MR) is 88.9 cm³/mol. The number of rotatable bonds is 6. The van der Waals surface area contributed by atoms with E-state index in [0.29, 0.717) is 5.52 Å². The number of imidazole rings is 1. The third kappa shape index (κ3) is 4.04. The lowest BCUT2D eigenvalue weighted by atomic mass is 10.0. The van der Waals surface area contributed by atoms with Gasteiger partial charge < -0.3 is 16.4 Å². The summed E-state index contributed by atoms with van der Waals surface area (Å²) in [7, 11) is 0. The summed E-state index contributed by atoms with van der Waals surface area (Å²) in [5.41, 5.74) is 5.77. The zero-order valence-corrected chi connectivity index (χ0v) is 14.2. The van der Waals surface area contributed by atoms with Gasteiger partial charge in [0, 0.05) is 0 Å². The Morgan fingerprint density at radius 1 is 1.16 bits per heavy atom. The first-order valence-electron chi connectivity index (χ1n) is 7.83. The van der Waals surface area contributed by atoms with Crippen LogP contribution in [0.1, 0.15) is 39.2 Å². The molecule has 0 aliphatic heterocycles. The van der Waals surface area contributed by atoms with Crippen LogP contribution in [-0.4, -0.2) is 27.5 Å². The van der Waals surface area contributed by atoms with Crippen molar-refractivity contribution < 1.29 is 18.4 Å². The Balaban J connectivity index is 2.30. The first-order chi connectivity index (χ1) is 11.7. The van der Waals surface area contributed by atoms with E-state index in [0.717, 1.165) is 4.57 Å². The number of hydrogen-bond acceptors (Lipinski definition) is 3. The molecule has 0 aliphatic carbocycles. The highest BCUT2D eigenvalue weighted by Gasteiger charge is 2.28. The average molecular weight is 353 g/mol.